The summed E-state index contributed by atoms with van der Waals surface area (Å²) in [6, 6.07) is 5.84. The lowest BCUT2D eigenvalue weighted by Crippen LogP contribution is -2.44. The first-order valence-corrected chi connectivity index (χ1v) is 7.22. The number of aryl methyl sites for hydroxylation is 1. The highest BCUT2D eigenvalue weighted by molar-refractivity contribution is 5.68. The predicted molar refractivity (Wildman–Crippen MR) is 82.1 cm³/mol. The molecule has 5 heteroatoms. The largest absolute Gasteiger partial charge is 0.444 e. The molecule has 1 aliphatic heterocycles. The minimum absolute atomic E-state index is 0.134. The lowest BCUT2D eigenvalue weighted by Gasteiger charge is -2.34. The number of carbonyl (C=O) groups is 1. The van der Waals surface area contributed by atoms with Crippen molar-refractivity contribution in [3.63, 3.8) is 0 Å². The van der Waals surface area contributed by atoms with Crippen LogP contribution in [-0.4, -0.2) is 36.3 Å². The van der Waals surface area contributed by atoms with Crippen molar-refractivity contribution in [1.29, 1.82) is 0 Å². The number of rotatable bonds is 1. The third-order valence-electron chi connectivity index (χ3n) is 3.38. The van der Waals surface area contributed by atoms with Gasteiger partial charge in [0.1, 0.15) is 11.7 Å². The fourth-order valence-corrected chi connectivity index (χ4v) is 2.24. The lowest BCUT2D eigenvalue weighted by molar-refractivity contribution is -0.0432. The molecule has 0 radical (unpaired) electrons. The number of nitrogens with two attached hydrogens (primary N) is 1. The van der Waals surface area contributed by atoms with Crippen LogP contribution in [-0.2, 0) is 9.47 Å². The molecule has 0 aliphatic carbocycles. The van der Waals surface area contributed by atoms with E-state index in [1.807, 2.05) is 45.9 Å². The Labute approximate surface area is 126 Å². The molecule has 1 aromatic rings. The fourth-order valence-electron chi connectivity index (χ4n) is 2.24. The maximum absolute atomic E-state index is 12.1. The molecule has 21 heavy (non-hydrogen) atoms. The lowest BCUT2D eigenvalue weighted by atomic mass is 10.0. The summed E-state index contributed by atoms with van der Waals surface area (Å²) < 4.78 is 11.2. The zero-order chi connectivity index (χ0) is 15.6. The molecular weight excluding hydrogens is 268 g/mol. The molecule has 1 fully saturated rings. The molecule has 2 N–H and O–H groups in total. The van der Waals surface area contributed by atoms with E-state index in [1.165, 1.54) is 0 Å². The highest BCUT2D eigenvalue weighted by Crippen LogP contribution is 2.26. The minimum Gasteiger partial charge on any atom is -0.444 e. The number of nitrogens with zero attached hydrogens (tertiary/aromatic N) is 1. The normalized spacial score (nSPS) is 19.4. The third-order valence-corrected chi connectivity index (χ3v) is 3.38. The molecule has 1 aliphatic rings. The van der Waals surface area contributed by atoms with Crippen LogP contribution in [0.1, 0.15) is 38.0 Å². The Morgan fingerprint density at radius 2 is 2.14 bits per heavy atom. The smallest absolute Gasteiger partial charge is 0.410 e. The van der Waals surface area contributed by atoms with E-state index in [1.54, 1.807) is 4.90 Å². The average Bonchev–Trinajstić information content (AvgIpc) is 2.40. The van der Waals surface area contributed by atoms with E-state index in [2.05, 4.69) is 0 Å². The van der Waals surface area contributed by atoms with Gasteiger partial charge in [-0.25, -0.2) is 4.79 Å². The number of benzene rings is 1. The Kier molecular flexibility index (Phi) is 4.42. The standard InChI is InChI=1S/C16H24N2O3/c1-11-9-12(5-6-13(11)17)14-10-18(7-8-20-14)15(19)21-16(2,3)4/h5-6,9,14H,7-8,10,17H2,1-4H3/t14-/m0/s1. The van der Waals surface area contributed by atoms with Gasteiger partial charge in [0.2, 0.25) is 0 Å². The molecule has 0 saturated carbocycles. The molecule has 1 atom stereocenters. The molecule has 116 valence electrons. The second-order valence-corrected chi connectivity index (χ2v) is 6.40. The summed E-state index contributed by atoms with van der Waals surface area (Å²) in [5.41, 5.74) is 8.17. The van der Waals surface area contributed by atoms with Crippen molar-refractivity contribution in [2.75, 3.05) is 25.4 Å². The summed E-state index contributed by atoms with van der Waals surface area (Å²) in [5.74, 6) is 0. The maximum Gasteiger partial charge on any atom is 0.410 e. The number of ether oxygens (including phenoxy) is 2. The van der Waals surface area contributed by atoms with Crippen LogP contribution >= 0.6 is 0 Å². The quantitative estimate of drug-likeness (QED) is 0.808. The second kappa shape index (κ2) is 5.93. The molecule has 1 amide bonds. The van der Waals surface area contributed by atoms with Crippen molar-refractivity contribution < 1.29 is 14.3 Å². The van der Waals surface area contributed by atoms with E-state index in [4.69, 9.17) is 15.2 Å². The molecule has 0 unspecified atom stereocenters. The Bertz CT molecular complexity index is 523. The van der Waals surface area contributed by atoms with Crippen LogP contribution in [0.15, 0.2) is 18.2 Å². The monoisotopic (exact) mass is 292 g/mol. The van der Waals surface area contributed by atoms with Crippen LogP contribution in [0.3, 0.4) is 0 Å². The SMILES string of the molecule is Cc1cc([C@@H]2CN(C(=O)OC(C)(C)C)CCO2)ccc1N. The summed E-state index contributed by atoms with van der Waals surface area (Å²) in [5, 5.41) is 0. The molecule has 1 saturated heterocycles. The Balaban J connectivity index is 2.06. The van der Waals surface area contributed by atoms with Crippen molar-refractivity contribution in [3.05, 3.63) is 29.3 Å². The van der Waals surface area contributed by atoms with Crippen molar-refractivity contribution in [1.82, 2.24) is 4.90 Å². The highest BCUT2D eigenvalue weighted by atomic mass is 16.6. The summed E-state index contributed by atoms with van der Waals surface area (Å²) >= 11 is 0. The number of nitrogen functional groups attached to an aromatic ring is 1. The molecule has 0 bridgehead atoms. The number of amides is 1. The van der Waals surface area contributed by atoms with Crippen molar-refractivity contribution >= 4 is 11.8 Å². The maximum atomic E-state index is 12.1. The van der Waals surface area contributed by atoms with Gasteiger partial charge in [-0.1, -0.05) is 12.1 Å². The minimum atomic E-state index is -0.483. The van der Waals surface area contributed by atoms with E-state index in [9.17, 15) is 4.79 Å². The van der Waals surface area contributed by atoms with Gasteiger partial charge < -0.3 is 20.1 Å². The van der Waals surface area contributed by atoms with Gasteiger partial charge in [-0.2, -0.15) is 0 Å². The molecule has 5 nitrogen and oxygen atoms in total. The van der Waals surface area contributed by atoms with Gasteiger partial charge in [0.05, 0.1) is 13.2 Å². The molecule has 0 spiro atoms. The van der Waals surface area contributed by atoms with Crippen molar-refractivity contribution in [3.8, 4) is 0 Å². The van der Waals surface area contributed by atoms with Gasteiger partial charge in [-0.05, 0) is 44.9 Å². The number of hydrogen-bond donors (Lipinski definition) is 1. The zero-order valence-electron chi connectivity index (χ0n) is 13.2. The van der Waals surface area contributed by atoms with Gasteiger partial charge in [-0.3, -0.25) is 0 Å². The third kappa shape index (κ3) is 4.11. The van der Waals surface area contributed by atoms with Gasteiger partial charge >= 0.3 is 6.09 Å². The summed E-state index contributed by atoms with van der Waals surface area (Å²) in [4.78, 5) is 13.8. The first kappa shape index (κ1) is 15.6. The second-order valence-electron chi connectivity index (χ2n) is 6.40. The summed E-state index contributed by atoms with van der Waals surface area (Å²) in [6.45, 7) is 9.13. The van der Waals surface area contributed by atoms with Crippen LogP contribution in [0.2, 0.25) is 0 Å². The van der Waals surface area contributed by atoms with Crippen LogP contribution in [0.5, 0.6) is 0 Å². The van der Waals surface area contributed by atoms with Gasteiger partial charge in [0.25, 0.3) is 0 Å². The van der Waals surface area contributed by atoms with E-state index < -0.39 is 5.60 Å². The summed E-state index contributed by atoms with van der Waals surface area (Å²) in [7, 11) is 0. The van der Waals surface area contributed by atoms with E-state index in [-0.39, 0.29) is 12.2 Å². The average molecular weight is 292 g/mol. The summed E-state index contributed by atoms with van der Waals surface area (Å²) in [6.07, 6.45) is -0.423. The highest BCUT2D eigenvalue weighted by Gasteiger charge is 2.28. The molecule has 1 heterocycles. The van der Waals surface area contributed by atoms with Crippen LogP contribution in [0.4, 0.5) is 10.5 Å². The van der Waals surface area contributed by atoms with Gasteiger partial charge in [0.15, 0.2) is 0 Å². The van der Waals surface area contributed by atoms with Crippen LogP contribution < -0.4 is 5.73 Å². The Morgan fingerprint density at radius 3 is 2.76 bits per heavy atom. The molecule has 0 aromatic heterocycles. The zero-order valence-corrected chi connectivity index (χ0v) is 13.2. The van der Waals surface area contributed by atoms with E-state index >= 15 is 0 Å². The van der Waals surface area contributed by atoms with E-state index in [0.717, 1.165) is 16.8 Å². The van der Waals surface area contributed by atoms with Crippen LogP contribution in [0, 0.1) is 6.92 Å². The number of carbonyl (C=O) groups excluding carboxylic acids is 1. The number of anilines is 1. The molecule has 2 rings (SSSR count). The van der Waals surface area contributed by atoms with Crippen molar-refractivity contribution in [2.24, 2.45) is 0 Å². The van der Waals surface area contributed by atoms with Gasteiger partial charge in [-0.15, -0.1) is 0 Å². The van der Waals surface area contributed by atoms with Gasteiger partial charge in [0, 0.05) is 12.2 Å². The molecule has 1 aromatic carbocycles. The van der Waals surface area contributed by atoms with Crippen molar-refractivity contribution in [2.45, 2.75) is 39.4 Å². The first-order chi connectivity index (χ1) is 9.76. The van der Waals surface area contributed by atoms with E-state index in [0.29, 0.717) is 19.7 Å². The Hall–Kier alpha value is -1.75. The predicted octanol–water partition coefficient (Wildman–Crippen LogP) is 2.89. The first-order valence-electron chi connectivity index (χ1n) is 7.22. The number of morpholine rings is 1. The topological polar surface area (TPSA) is 64.8 Å². The fraction of sp³-hybridized carbons (Fsp3) is 0.562. The van der Waals surface area contributed by atoms with Crippen LogP contribution in [0.25, 0.3) is 0 Å². The molecular formula is C16H24N2O3. The number of hydrogen-bond acceptors (Lipinski definition) is 4. The Morgan fingerprint density at radius 1 is 1.43 bits per heavy atom.